The van der Waals surface area contributed by atoms with Crippen LogP contribution in [0.25, 0.3) is 0 Å². The van der Waals surface area contributed by atoms with Gasteiger partial charge in [0.25, 0.3) is 0 Å². The van der Waals surface area contributed by atoms with Crippen molar-refractivity contribution < 1.29 is 0 Å². The standard InChI is InChI=1S/C25H27N5/c1-17-20-6-4-5-7-22(20)25(2)15-19(28-24-27-11-13-29(24)3)10-12-30(25)23-9-8-18(16-26)14-21(17)23/h4-9,11,13-14,17,19H,10,12,15H2,1-3H3,(H,27,28)/t17-,19-,25+/m0/s1. The van der Waals surface area contributed by atoms with E-state index in [0.29, 0.717) is 6.04 Å². The smallest absolute Gasteiger partial charge is 0.202 e. The Morgan fingerprint density at radius 1 is 1.20 bits per heavy atom. The van der Waals surface area contributed by atoms with Crippen molar-refractivity contribution in [2.24, 2.45) is 7.05 Å². The van der Waals surface area contributed by atoms with Gasteiger partial charge in [0, 0.05) is 43.6 Å². The van der Waals surface area contributed by atoms with Crippen LogP contribution in [0, 0.1) is 11.3 Å². The maximum Gasteiger partial charge on any atom is 0.202 e. The van der Waals surface area contributed by atoms with Crippen molar-refractivity contribution in [3.8, 4) is 6.07 Å². The van der Waals surface area contributed by atoms with Gasteiger partial charge in [0.2, 0.25) is 5.95 Å². The fourth-order valence-electron chi connectivity index (χ4n) is 5.43. The Bertz CT molecular complexity index is 1140. The van der Waals surface area contributed by atoms with E-state index < -0.39 is 0 Å². The highest BCUT2D eigenvalue weighted by molar-refractivity contribution is 5.66. The number of nitrogens with zero attached hydrogens (tertiary/aromatic N) is 4. The third-order valence-electron chi connectivity index (χ3n) is 7.02. The number of fused-ring (bicyclic) bond motifs is 5. The highest BCUT2D eigenvalue weighted by Crippen LogP contribution is 2.50. The summed E-state index contributed by atoms with van der Waals surface area (Å²) < 4.78 is 2.04. The normalized spacial score (nSPS) is 24.8. The predicted octanol–water partition coefficient (Wildman–Crippen LogP) is 4.75. The Morgan fingerprint density at radius 3 is 2.80 bits per heavy atom. The van der Waals surface area contributed by atoms with Crippen LogP contribution < -0.4 is 10.2 Å². The molecule has 3 heterocycles. The second kappa shape index (κ2) is 6.91. The molecule has 0 aliphatic carbocycles. The van der Waals surface area contributed by atoms with Crippen molar-refractivity contribution in [3.63, 3.8) is 0 Å². The number of hydrogen-bond acceptors (Lipinski definition) is 4. The highest BCUT2D eigenvalue weighted by atomic mass is 15.3. The van der Waals surface area contributed by atoms with Crippen molar-refractivity contribution in [3.05, 3.63) is 77.1 Å². The number of hydrogen-bond donors (Lipinski definition) is 1. The molecule has 5 heteroatoms. The van der Waals surface area contributed by atoms with Gasteiger partial charge < -0.3 is 14.8 Å². The summed E-state index contributed by atoms with van der Waals surface area (Å²) in [4.78, 5) is 7.05. The van der Waals surface area contributed by atoms with E-state index >= 15 is 0 Å². The van der Waals surface area contributed by atoms with Crippen molar-refractivity contribution in [1.29, 1.82) is 5.26 Å². The van der Waals surface area contributed by atoms with Crippen LogP contribution in [0.1, 0.15) is 54.9 Å². The van der Waals surface area contributed by atoms with Crippen LogP contribution in [0.2, 0.25) is 0 Å². The summed E-state index contributed by atoms with van der Waals surface area (Å²) >= 11 is 0. The average Bonchev–Trinajstić information content (AvgIpc) is 3.14. The molecular formula is C25H27N5. The monoisotopic (exact) mass is 397 g/mol. The molecule has 3 aromatic rings. The molecule has 0 unspecified atom stereocenters. The van der Waals surface area contributed by atoms with E-state index in [1.54, 1.807) is 0 Å². The summed E-state index contributed by atoms with van der Waals surface area (Å²) in [6.45, 7) is 5.60. The van der Waals surface area contributed by atoms with Gasteiger partial charge in [0.15, 0.2) is 0 Å². The number of aryl methyl sites for hydroxylation is 1. The highest BCUT2D eigenvalue weighted by Gasteiger charge is 2.44. The summed E-state index contributed by atoms with van der Waals surface area (Å²) in [5.41, 5.74) is 5.85. The molecule has 2 aliphatic rings. The lowest BCUT2D eigenvalue weighted by atomic mass is 9.77. The van der Waals surface area contributed by atoms with Crippen LogP contribution in [-0.4, -0.2) is 22.1 Å². The fraction of sp³-hybridized carbons (Fsp3) is 0.360. The zero-order valence-electron chi connectivity index (χ0n) is 17.8. The molecule has 3 atom stereocenters. The molecule has 0 bridgehead atoms. The van der Waals surface area contributed by atoms with Gasteiger partial charge >= 0.3 is 0 Å². The van der Waals surface area contributed by atoms with Crippen molar-refractivity contribution in [2.75, 3.05) is 16.8 Å². The lowest BCUT2D eigenvalue weighted by Gasteiger charge is -2.49. The van der Waals surface area contributed by atoms with Crippen molar-refractivity contribution in [1.82, 2.24) is 9.55 Å². The van der Waals surface area contributed by atoms with Gasteiger partial charge in [-0.3, -0.25) is 0 Å². The summed E-state index contributed by atoms with van der Waals surface area (Å²) in [5.74, 6) is 1.17. The molecule has 5 nitrogen and oxygen atoms in total. The Hall–Kier alpha value is -3.26. The molecule has 1 N–H and O–H groups in total. The molecule has 2 aliphatic heterocycles. The molecule has 0 amide bonds. The Balaban J connectivity index is 1.62. The lowest BCUT2D eigenvalue weighted by Crippen LogP contribution is -2.53. The minimum absolute atomic E-state index is 0.134. The zero-order chi connectivity index (χ0) is 20.9. The number of benzene rings is 2. The number of piperidine rings is 1. The molecule has 1 saturated heterocycles. The summed E-state index contributed by atoms with van der Waals surface area (Å²) in [5, 5.41) is 13.1. The number of anilines is 2. The van der Waals surface area contributed by atoms with Gasteiger partial charge in [-0.05, 0) is 54.7 Å². The largest absolute Gasteiger partial charge is 0.362 e. The van der Waals surface area contributed by atoms with Crippen LogP contribution in [0.5, 0.6) is 0 Å². The first-order valence-electron chi connectivity index (χ1n) is 10.7. The fourth-order valence-corrected chi connectivity index (χ4v) is 5.43. The molecule has 1 aromatic heterocycles. The van der Waals surface area contributed by atoms with Gasteiger partial charge in [-0.25, -0.2) is 4.98 Å². The van der Waals surface area contributed by atoms with Crippen LogP contribution in [0.4, 0.5) is 11.6 Å². The van der Waals surface area contributed by atoms with E-state index in [1.807, 2.05) is 30.1 Å². The summed E-state index contributed by atoms with van der Waals surface area (Å²) in [6, 6.07) is 17.7. The molecule has 2 aromatic carbocycles. The molecular weight excluding hydrogens is 370 g/mol. The Labute approximate surface area is 178 Å². The third kappa shape index (κ3) is 2.79. The third-order valence-corrected chi connectivity index (χ3v) is 7.02. The second-order valence-corrected chi connectivity index (χ2v) is 8.82. The molecule has 5 rings (SSSR count). The van der Waals surface area contributed by atoms with Crippen LogP contribution >= 0.6 is 0 Å². The molecule has 0 saturated carbocycles. The zero-order valence-corrected chi connectivity index (χ0v) is 17.8. The van der Waals surface area contributed by atoms with E-state index in [4.69, 9.17) is 0 Å². The number of imidazole rings is 1. The number of rotatable bonds is 2. The van der Waals surface area contributed by atoms with Crippen LogP contribution in [0.3, 0.4) is 0 Å². The van der Waals surface area contributed by atoms with Crippen LogP contribution in [-0.2, 0) is 12.6 Å². The van der Waals surface area contributed by atoms with Gasteiger partial charge in [0.1, 0.15) is 0 Å². The van der Waals surface area contributed by atoms with Crippen LogP contribution in [0.15, 0.2) is 54.9 Å². The average molecular weight is 398 g/mol. The number of nitrogens with one attached hydrogen (secondary N) is 1. The second-order valence-electron chi connectivity index (χ2n) is 8.82. The van der Waals surface area contributed by atoms with E-state index in [0.717, 1.165) is 30.9 Å². The minimum atomic E-state index is -0.134. The topological polar surface area (TPSA) is 56.9 Å². The van der Waals surface area contributed by atoms with E-state index in [1.165, 1.54) is 22.4 Å². The van der Waals surface area contributed by atoms with Gasteiger partial charge in [0.05, 0.1) is 17.2 Å². The predicted molar refractivity (Wildman–Crippen MR) is 120 cm³/mol. The SMILES string of the molecule is C[C@@H]1c2cc(C#N)ccc2N2CC[C@H](Nc3nccn3C)C[C@]2(C)c2ccccc21. The maximum absolute atomic E-state index is 9.47. The molecule has 0 spiro atoms. The van der Waals surface area contributed by atoms with Gasteiger partial charge in [-0.15, -0.1) is 0 Å². The quantitative estimate of drug-likeness (QED) is 0.678. The van der Waals surface area contributed by atoms with Gasteiger partial charge in [-0.2, -0.15) is 5.26 Å². The minimum Gasteiger partial charge on any atom is -0.362 e. The van der Waals surface area contributed by atoms with Crippen molar-refractivity contribution >= 4 is 11.6 Å². The number of aromatic nitrogens is 2. The molecule has 1 fully saturated rings. The Morgan fingerprint density at radius 2 is 2.03 bits per heavy atom. The van der Waals surface area contributed by atoms with E-state index in [9.17, 15) is 5.26 Å². The van der Waals surface area contributed by atoms with Crippen molar-refractivity contribution in [2.45, 2.75) is 44.2 Å². The first-order valence-corrected chi connectivity index (χ1v) is 10.7. The molecule has 0 radical (unpaired) electrons. The summed E-state index contributed by atoms with van der Waals surface area (Å²) in [6.07, 6.45) is 5.84. The molecule has 30 heavy (non-hydrogen) atoms. The lowest BCUT2D eigenvalue weighted by molar-refractivity contribution is 0.320. The van der Waals surface area contributed by atoms with E-state index in [-0.39, 0.29) is 11.5 Å². The van der Waals surface area contributed by atoms with Gasteiger partial charge in [-0.1, -0.05) is 31.2 Å². The Kier molecular flexibility index (Phi) is 4.32. The first-order chi connectivity index (χ1) is 14.5. The van der Waals surface area contributed by atoms with E-state index in [2.05, 4.69) is 71.5 Å². The molecule has 152 valence electrons. The number of nitriles is 1. The first kappa shape index (κ1) is 18.7. The maximum atomic E-state index is 9.47. The summed E-state index contributed by atoms with van der Waals surface area (Å²) in [7, 11) is 2.03.